The summed E-state index contributed by atoms with van der Waals surface area (Å²) in [4.78, 5) is 26.2. The molecule has 128 valence electrons. The third-order valence-corrected chi connectivity index (χ3v) is 4.68. The molecule has 25 heavy (non-hydrogen) atoms. The van der Waals surface area contributed by atoms with Gasteiger partial charge in [-0.15, -0.1) is 0 Å². The lowest BCUT2D eigenvalue weighted by Crippen LogP contribution is -2.26. The number of aromatic nitrogens is 3. The van der Waals surface area contributed by atoms with Crippen LogP contribution in [0.2, 0.25) is 0 Å². The lowest BCUT2D eigenvalue weighted by atomic mass is 10.1. The van der Waals surface area contributed by atoms with E-state index in [1.807, 2.05) is 30.3 Å². The molecule has 6 nitrogen and oxygen atoms in total. The normalized spacial score (nSPS) is 14.9. The smallest absolute Gasteiger partial charge is 0.178 e. The maximum atomic E-state index is 11.6. The van der Waals surface area contributed by atoms with Crippen LogP contribution in [0.3, 0.4) is 0 Å². The highest BCUT2D eigenvalue weighted by Crippen LogP contribution is 2.27. The number of hydrogen-bond acceptors (Lipinski definition) is 5. The van der Waals surface area contributed by atoms with Crippen LogP contribution in [-0.4, -0.2) is 52.3 Å². The number of H-pyrrole nitrogens is 1. The highest BCUT2D eigenvalue weighted by Gasteiger charge is 2.15. The molecule has 0 saturated carbocycles. The van der Waals surface area contributed by atoms with Crippen molar-refractivity contribution in [3.05, 3.63) is 42.1 Å². The fourth-order valence-corrected chi connectivity index (χ4v) is 3.39. The average Bonchev–Trinajstić information content (AvgIpc) is 3.29. The molecule has 0 spiro atoms. The van der Waals surface area contributed by atoms with E-state index in [0.29, 0.717) is 17.1 Å². The molecule has 3 heterocycles. The van der Waals surface area contributed by atoms with Crippen LogP contribution in [-0.2, 0) is 0 Å². The van der Waals surface area contributed by atoms with Crippen LogP contribution in [0.5, 0.6) is 0 Å². The predicted octanol–water partition coefficient (Wildman–Crippen LogP) is 2.95. The Morgan fingerprint density at radius 3 is 2.88 bits per heavy atom. The zero-order chi connectivity index (χ0) is 17.1. The summed E-state index contributed by atoms with van der Waals surface area (Å²) in [5.74, 6) is 1.31. The van der Waals surface area contributed by atoms with Gasteiger partial charge in [0.05, 0.1) is 11.3 Å². The quantitative estimate of drug-likeness (QED) is 0.678. The Labute approximate surface area is 146 Å². The van der Waals surface area contributed by atoms with Gasteiger partial charge in [0.1, 0.15) is 5.82 Å². The molecule has 1 aliphatic rings. The zero-order valence-electron chi connectivity index (χ0n) is 14.0. The van der Waals surface area contributed by atoms with Crippen LogP contribution in [0.1, 0.15) is 23.2 Å². The SMILES string of the molecule is O=Cc1c(-c2nccc(NCCN3CCCC3)n2)[nH]c2ccccc12. The number of anilines is 1. The molecular weight excluding hydrogens is 314 g/mol. The molecule has 0 unspecified atom stereocenters. The van der Waals surface area contributed by atoms with Crippen LogP contribution in [0.4, 0.5) is 5.82 Å². The van der Waals surface area contributed by atoms with Crippen molar-refractivity contribution in [2.24, 2.45) is 0 Å². The Bertz CT molecular complexity index is 882. The standard InChI is InChI=1S/C19H21N5O/c25-13-15-14-5-1-2-6-16(14)22-18(15)19-21-8-7-17(23-19)20-9-12-24-10-3-4-11-24/h1-2,5-8,13,22H,3-4,9-12H2,(H,20,21,23). The number of aldehydes is 1. The number of hydrogen-bond donors (Lipinski definition) is 2. The first-order valence-electron chi connectivity index (χ1n) is 8.70. The highest BCUT2D eigenvalue weighted by atomic mass is 16.1. The van der Waals surface area contributed by atoms with E-state index >= 15 is 0 Å². The highest BCUT2D eigenvalue weighted by molar-refractivity contribution is 6.03. The maximum absolute atomic E-state index is 11.6. The van der Waals surface area contributed by atoms with E-state index in [-0.39, 0.29) is 0 Å². The van der Waals surface area contributed by atoms with Gasteiger partial charge in [0.25, 0.3) is 0 Å². The van der Waals surface area contributed by atoms with Gasteiger partial charge in [-0.25, -0.2) is 9.97 Å². The molecule has 1 aliphatic heterocycles. The Kier molecular flexibility index (Phi) is 4.43. The van der Waals surface area contributed by atoms with E-state index in [1.165, 1.54) is 25.9 Å². The topological polar surface area (TPSA) is 73.9 Å². The van der Waals surface area contributed by atoms with Crippen LogP contribution in [0.15, 0.2) is 36.5 Å². The molecule has 1 aromatic carbocycles. The number of benzene rings is 1. The molecule has 0 radical (unpaired) electrons. The van der Waals surface area contributed by atoms with E-state index in [4.69, 9.17) is 0 Å². The van der Waals surface area contributed by atoms with Crippen LogP contribution >= 0.6 is 0 Å². The molecule has 1 saturated heterocycles. The minimum Gasteiger partial charge on any atom is -0.369 e. The summed E-state index contributed by atoms with van der Waals surface area (Å²) in [5, 5.41) is 4.25. The van der Waals surface area contributed by atoms with Gasteiger partial charge in [-0.2, -0.15) is 0 Å². The molecule has 6 heteroatoms. The maximum Gasteiger partial charge on any atom is 0.178 e. The number of likely N-dealkylation sites (tertiary alicyclic amines) is 1. The monoisotopic (exact) mass is 335 g/mol. The molecule has 2 N–H and O–H groups in total. The summed E-state index contributed by atoms with van der Waals surface area (Å²) in [6.45, 7) is 4.25. The molecule has 3 aromatic rings. The summed E-state index contributed by atoms with van der Waals surface area (Å²) in [6, 6.07) is 9.59. The van der Waals surface area contributed by atoms with E-state index < -0.39 is 0 Å². The van der Waals surface area contributed by atoms with Gasteiger partial charge in [0, 0.05) is 30.2 Å². The number of carbonyl (C=O) groups excluding carboxylic acids is 1. The molecule has 0 bridgehead atoms. The van der Waals surface area contributed by atoms with Gasteiger partial charge in [-0.3, -0.25) is 4.79 Å². The number of aromatic amines is 1. The van der Waals surface area contributed by atoms with Crippen molar-refractivity contribution >= 4 is 23.0 Å². The minimum atomic E-state index is 0.532. The summed E-state index contributed by atoms with van der Waals surface area (Å²) in [6.07, 6.45) is 5.19. The molecule has 0 aliphatic carbocycles. The van der Waals surface area contributed by atoms with Crippen molar-refractivity contribution in [1.82, 2.24) is 19.9 Å². The minimum absolute atomic E-state index is 0.532. The number of para-hydroxylation sites is 1. The molecular formula is C19H21N5O. The van der Waals surface area contributed by atoms with Crippen LogP contribution < -0.4 is 5.32 Å². The van der Waals surface area contributed by atoms with E-state index in [9.17, 15) is 4.79 Å². The van der Waals surface area contributed by atoms with Gasteiger partial charge in [0.2, 0.25) is 0 Å². The van der Waals surface area contributed by atoms with Crippen LogP contribution in [0.25, 0.3) is 22.4 Å². The Balaban J connectivity index is 1.55. The number of nitrogens with one attached hydrogen (secondary N) is 2. The fourth-order valence-electron chi connectivity index (χ4n) is 3.39. The second kappa shape index (κ2) is 7.03. The Morgan fingerprint density at radius 1 is 1.20 bits per heavy atom. The van der Waals surface area contributed by atoms with Gasteiger partial charge in [0.15, 0.2) is 12.1 Å². The number of nitrogens with zero attached hydrogens (tertiary/aromatic N) is 3. The third-order valence-electron chi connectivity index (χ3n) is 4.68. The lowest BCUT2D eigenvalue weighted by molar-refractivity contribution is 0.112. The second-order valence-electron chi connectivity index (χ2n) is 6.32. The van der Waals surface area contributed by atoms with E-state index in [0.717, 1.165) is 36.1 Å². The predicted molar refractivity (Wildman–Crippen MR) is 98.9 cm³/mol. The lowest BCUT2D eigenvalue weighted by Gasteiger charge is -2.15. The van der Waals surface area contributed by atoms with Crippen molar-refractivity contribution in [1.29, 1.82) is 0 Å². The van der Waals surface area contributed by atoms with Crippen molar-refractivity contribution in [2.45, 2.75) is 12.8 Å². The molecule has 4 rings (SSSR count). The van der Waals surface area contributed by atoms with E-state index in [1.54, 1.807) is 6.20 Å². The van der Waals surface area contributed by atoms with Crippen LogP contribution in [0, 0.1) is 0 Å². The first-order chi connectivity index (χ1) is 12.3. The van der Waals surface area contributed by atoms with Gasteiger partial charge < -0.3 is 15.2 Å². The molecule has 0 amide bonds. The van der Waals surface area contributed by atoms with Crippen molar-refractivity contribution in [3.63, 3.8) is 0 Å². The largest absolute Gasteiger partial charge is 0.369 e. The van der Waals surface area contributed by atoms with E-state index in [2.05, 4.69) is 25.2 Å². The van der Waals surface area contributed by atoms with Crippen molar-refractivity contribution in [2.75, 3.05) is 31.5 Å². The zero-order valence-corrected chi connectivity index (χ0v) is 14.0. The fraction of sp³-hybridized carbons (Fsp3) is 0.316. The Morgan fingerprint density at radius 2 is 2.04 bits per heavy atom. The van der Waals surface area contributed by atoms with Crippen molar-refractivity contribution < 1.29 is 4.79 Å². The first kappa shape index (κ1) is 15.8. The average molecular weight is 335 g/mol. The molecule has 0 atom stereocenters. The van der Waals surface area contributed by atoms with Crippen molar-refractivity contribution in [3.8, 4) is 11.5 Å². The number of fused-ring (bicyclic) bond motifs is 1. The molecule has 2 aromatic heterocycles. The summed E-state index contributed by atoms with van der Waals surface area (Å²) in [7, 11) is 0. The first-order valence-corrected chi connectivity index (χ1v) is 8.70. The number of carbonyl (C=O) groups is 1. The molecule has 1 fully saturated rings. The summed E-state index contributed by atoms with van der Waals surface area (Å²) >= 11 is 0. The van der Waals surface area contributed by atoms with Gasteiger partial charge in [-0.1, -0.05) is 18.2 Å². The second-order valence-corrected chi connectivity index (χ2v) is 6.32. The van der Waals surface area contributed by atoms with Gasteiger partial charge >= 0.3 is 0 Å². The van der Waals surface area contributed by atoms with Gasteiger partial charge in [-0.05, 0) is 38.1 Å². The number of rotatable bonds is 6. The Hall–Kier alpha value is -2.73. The third kappa shape index (κ3) is 3.25. The summed E-state index contributed by atoms with van der Waals surface area (Å²) in [5.41, 5.74) is 2.18. The summed E-state index contributed by atoms with van der Waals surface area (Å²) < 4.78 is 0.